The molecule has 0 aliphatic carbocycles. The molecule has 0 saturated carbocycles. The molecule has 0 aromatic heterocycles. The molecule has 2 aromatic carbocycles. The third-order valence-electron chi connectivity index (χ3n) is 7.17. The number of piperidine rings is 1. The number of rotatable bonds is 11. The molecule has 2 amide bonds. The number of carbonyl (C=O) groups is 3. The van der Waals surface area contributed by atoms with Gasteiger partial charge in [0.2, 0.25) is 11.8 Å². The quantitative estimate of drug-likeness (QED) is 0.343. The number of esters is 1. The zero-order chi connectivity index (χ0) is 31.0. The van der Waals surface area contributed by atoms with Crippen LogP contribution in [-0.2, 0) is 19.1 Å². The molecule has 42 heavy (non-hydrogen) atoms. The van der Waals surface area contributed by atoms with Crippen molar-refractivity contribution in [1.29, 1.82) is 0 Å². The number of nitrogens with zero attached hydrogens (tertiary/aromatic N) is 2. The first-order valence-corrected chi connectivity index (χ1v) is 14.7. The summed E-state index contributed by atoms with van der Waals surface area (Å²) in [6.45, 7) is 9.17. The fourth-order valence-electron chi connectivity index (χ4n) is 5.24. The Balaban J connectivity index is 1.93. The summed E-state index contributed by atoms with van der Waals surface area (Å²) < 4.78 is 16.3. The van der Waals surface area contributed by atoms with E-state index < -0.39 is 6.10 Å². The lowest BCUT2D eigenvalue weighted by Crippen LogP contribution is -2.43. The second kappa shape index (κ2) is 14.7. The van der Waals surface area contributed by atoms with Gasteiger partial charge in [-0.3, -0.25) is 14.4 Å². The third-order valence-corrected chi connectivity index (χ3v) is 7.39. The highest BCUT2D eigenvalue weighted by Crippen LogP contribution is 2.43. The van der Waals surface area contributed by atoms with Crippen LogP contribution in [0.3, 0.4) is 0 Å². The summed E-state index contributed by atoms with van der Waals surface area (Å²) in [6, 6.07) is 10.3. The minimum absolute atomic E-state index is 0.0185. The Hall–Kier alpha value is -3.30. The van der Waals surface area contributed by atoms with Crippen molar-refractivity contribution in [3.63, 3.8) is 0 Å². The lowest BCUT2D eigenvalue weighted by atomic mass is 9.93. The highest BCUT2D eigenvalue weighted by atomic mass is 35.5. The lowest BCUT2D eigenvalue weighted by Gasteiger charge is -2.34. The van der Waals surface area contributed by atoms with Crippen LogP contribution in [0.25, 0.3) is 0 Å². The number of hydrogen-bond acceptors (Lipinski definition) is 7. The Morgan fingerprint density at radius 2 is 1.76 bits per heavy atom. The van der Waals surface area contributed by atoms with Crippen LogP contribution in [0.5, 0.6) is 11.5 Å². The van der Waals surface area contributed by atoms with E-state index in [4.69, 9.17) is 25.8 Å². The second-order valence-electron chi connectivity index (χ2n) is 11.7. The maximum Gasteiger partial charge on any atom is 0.310 e. The van der Waals surface area contributed by atoms with Crippen molar-refractivity contribution in [2.45, 2.75) is 59.5 Å². The Kier molecular flexibility index (Phi) is 11.7. The van der Waals surface area contributed by atoms with E-state index in [0.29, 0.717) is 59.3 Å². The predicted molar refractivity (Wildman–Crippen MR) is 162 cm³/mol. The Labute approximate surface area is 253 Å². The van der Waals surface area contributed by atoms with Gasteiger partial charge >= 0.3 is 5.97 Å². The minimum Gasteiger partial charge on any atom is -0.496 e. The Morgan fingerprint density at radius 1 is 1.07 bits per heavy atom. The highest BCUT2D eigenvalue weighted by Gasteiger charge is 2.33. The van der Waals surface area contributed by atoms with E-state index in [9.17, 15) is 19.5 Å². The van der Waals surface area contributed by atoms with Crippen LogP contribution in [0.1, 0.15) is 70.6 Å². The third kappa shape index (κ3) is 8.38. The summed E-state index contributed by atoms with van der Waals surface area (Å²) in [5.41, 5.74) is 0.927. The Bertz CT molecular complexity index is 1260. The van der Waals surface area contributed by atoms with Gasteiger partial charge in [-0.15, -0.1) is 0 Å². The molecular formula is C32H43ClN2O7. The van der Waals surface area contributed by atoms with Crippen molar-refractivity contribution in [1.82, 2.24) is 4.90 Å². The first kappa shape index (κ1) is 33.2. The van der Waals surface area contributed by atoms with E-state index in [1.807, 2.05) is 20.8 Å². The molecule has 1 saturated heterocycles. The summed E-state index contributed by atoms with van der Waals surface area (Å²) in [4.78, 5) is 42.6. The van der Waals surface area contributed by atoms with Crippen molar-refractivity contribution >= 4 is 35.1 Å². The summed E-state index contributed by atoms with van der Waals surface area (Å²) in [5.74, 6) is -0.330. The molecule has 0 radical (unpaired) electrons. The van der Waals surface area contributed by atoms with Crippen LogP contribution in [0.15, 0.2) is 36.4 Å². The van der Waals surface area contributed by atoms with Crippen molar-refractivity contribution in [3.8, 4) is 11.5 Å². The van der Waals surface area contributed by atoms with Gasteiger partial charge < -0.3 is 29.1 Å². The molecule has 0 spiro atoms. The molecule has 0 unspecified atom stereocenters. The summed E-state index contributed by atoms with van der Waals surface area (Å²) in [5, 5.41) is 12.0. The van der Waals surface area contributed by atoms with Gasteiger partial charge in [0.05, 0.1) is 32.4 Å². The second-order valence-corrected chi connectivity index (χ2v) is 12.1. The van der Waals surface area contributed by atoms with Crippen LogP contribution in [0.2, 0.25) is 5.02 Å². The average molecular weight is 603 g/mol. The number of amides is 2. The Morgan fingerprint density at radius 3 is 2.40 bits per heavy atom. The highest BCUT2D eigenvalue weighted by molar-refractivity contribution is 6.31. The topological polar surface area (TPSA) is 106 Å². The number of halogens is 1. The van der Waals surface area contributed by atoms with Crippen molar-refractivity contribution in [2.75, 3.05) is 45.4 Å². The monoisotopic (exact) mass is 602 g/mol. The smallest absolute Gasteiger partial charge is 0.310 e. The first-order chi connectivity index (χ1) is 19.9. The normalized spacial score (nSPS) is 16.0. The zero-order valence-electron chi connectivity index (χ0n) is 25.4. The maximum absolute atomic E-state index is 13.9. The van der Waals surface area contributed by atoms with Crippen LogP contribution in [0.4, 0.5) is 5.69 Å². The van der Waals surface area contributed by atoms with E-state index in [1.54, 1.807) is 53.1 Å². The molecule has 1 heterocycles. The summed E-state index contributed by atoms with van der Waals surface area (Å²) >= 11 is 6.46. The molecule has 10 heteroatoms. The SMILES string of the molecule is CCOC(=O)[C@H]1CCCN(C(=O)CCC(=O)N(CC(C)(C)C)c2c(OC)cc(Cl)cc2[C@@H](O)c2ccccc2OC)C1. The number of ether oxygens (including phenoxy) is 3. The number of para-hydroxylation sites is 1. The van der Waals surface area contributed by atoms with Gasteiger partial charge in [0.1, 0.15) is 17.6 Å². The molecule has 1 aliphatic heterocycles. The predicted octanol–water partition coefficient (Wildman–Crippen LogP) is 5.40. The van der Waals surface area contributed by atoms with Gasteiger partial charge in [-0.2, -0.15) is 0 Å². The molecule has 0 bridgehead atoms. The van der Waals surface area contributed by atoms with Gasteiger partial charge in [0.15, 0.2) is 0 Å². The maximum atomic E-state index is 13.9. The zero-order valence-corrected chi connectivity index (χ0v) is 26.2. The van der Waals surface area contributed by atoms with Crippen LogP contribution in [0, 0.1) is 11.3 Å². The largest absolute Gasteiger partial charge is 0.496 e. The van der Waals surface area contributed by atoms with Crippen molar-refractivity contribution < 1.29 is 33.7 Å². The van der Waals surface area contributed by atoms with Crippen LogP contribution < -0.4 is 14.4 Å². The van der Waals surface area contributed by atoms with Gasteiger partial charge in [0.25, 0.3) is 0 Å². The number of aliphatic hydroxyl groups is 1. The molecule has 2 atom stereocenters. The average Bonchev–Trinajstić information content (AvgIpc) is 2.97. The molecule has 1 aliphatic rings. The number of likely N-dealkylation sites (tertiary alicyclic amines) is 1. The van der Waals surface area contributed by atoms with Gasteiger partial charge in [-0.05, 0) is 37.3 Å². The van der Waals surface area contributed by atoms with Gasteiger partial charge in [-0.1, -0.05) is 50.6 Å². The van der Waals surface area contributed by atoms with Crippen molar-refractivity contribution in [3.05, 3.63) is 52.5 Å². The summed E-state index contributed by atoms with van der Waals surface area (Å²) in [7, 11) is 3.00. The minimum atomic E-state index is -1.19. The van der Waals surface area contributed by atoms with E-state index in [-0.39, 0.29) is 55.0 Å². The summed E-state index contributed by atoms with van der Waals surface area (Å²) in [6.07, 6.45) is 0.106. The fourth-order valence-corrected chi connectivity index (χ4v) is 5.45. The standard InChI is InChI=1S/C32H43ClN2O7/c1-7-42-31(39)21-11-10-16-34(19-21)27(36)14-15-28(37)35(20-32(2,3)4)29-24(17-22(33)18-26(29)41-6)30(38)23-12-8-9-13-25(23)40-5/h8-9,12-13,17-18,21,30,38H,7,10-11,14-16,19-20H2,1-6H3/t21-,30-/m0/s1. The van der Waals surface area contributed by atoms with Gasteiger partial charge in [0, 0.05) is 54.7 Å². The molecular weight excluding hydrogens is 560 g/mol. The van der Waals surface area contributed by atoms with E-state index >= 15 is 0 Å². The van der Waals surface area contributed by atoms with E-state index in [2.05, 4.69) is 0 Å². The molecule has 1 N–H and O–H groups in total. The molecule has 230 valence electrons. The first-order valence-electron chi connectivity index (χ1n) is 14.3. The van der Waals surface area contributed by atoms with Crippen LogP contribution >= 0.6 is 11.6 Å². The number of benzene rings is 2. The van der Waals surface area contributed by atoms with Gasteiger partial charge in [-0.25, -0.2) is 0 Å². The molecule has 2 aromatic rings. The van der Waals surface area contributed by atoms with E-state index in [1.165, 1.54) is 14.2 Å². The molecule has 3 rings (SSSR count). The fraction of sp³-hybridized carbons (Fsp3) is 0.531. The number of hydrogen-bond donors (Lipinski definition) is 1. The van der Waals surface area contributed by atoms with E-state index in [0.717, 1.165) is 0 Å². The van der Waals surface area contributed by atoms with Crippen molar-refractivity contribution in [2.24, 2.45) is 11.3 Å². The van der Waals surface area contributed by atoms with Crippen LogP contribution in [-0.4, -0.2) is 68.3 Å². The number of methoxy groups -OCH3 is 2. The lowest BCUT2D eigenvalue weighted by molar-refractivity contribution is -0.151. The number of anilines is 1. The molecule has 9 nitrogen and oxygen atoms in total. The number of carbonyl (C=O) groups excluding carboxylic acids is 3. The molecule has 1 fully saturated rings. The number of aliphatic hydroxyl groups excluding tert-OH is 1.